The zero-order valence-corrected chi connectivity index (χ0v) is 74.9. The van der Waals surface area contributed by atoms with Crippen LogP contribution in [0.15, 0.2) is 122 Å². The Balaban J connectivity index is 1.31. The molecule has 133 heavy (non-hydrogen) atoms. The molecule has 28 N–H and O–H groups in total. The molecule has 1 fully saturated rings. The zero-order valence-electron chi connectivity index (χ0n) is 74.1. The Morgan fingerprint density at radius 1 is 0.451 bits per heavy atom. The molecule has 718 valence electrons. The first-order valence-electron chi connectivity index (χ1n) is 42.8. The van der Waals surface area contributed by atoms with Crippen LogP contribution in [-0.4, -0.2) is 262 Å². The van der Waals surface area contributed by atoms with Gasteiger partial charge in [0, 0.05) is 75.3 Å². The van der Waals surface area contributed by atoms with Crippen LogP contribution in [0.4, 0.5) is 0 Å². The number of aromatic nitrogens is 4. The van der Waals surface area contributed by atoms with Gasteiger partial charge in [-0.3, -0.25) is 86.9 Å². The molecule has 12 atom stereocenters. The number of amides is 16. The fourth-order valence-electron chi connectivity index (χ4n) is 13.7. The molecule has 1 saturated heterocycles. The van der Waals surface area contributed by atoms with E-state index in [1.165, 1.54) is 122 Å². The highest BCUT2D eigenvalue weighted by Crippen LogP contribution is 2.20. The molecule has 6 aromatic rings. The lowest BCUT2D eigenvalue weighted by Crippen LogP contribution is -2.62. The van der Waals surface area contributed by atoms with Crippen LogP contribution < -0.4 is 96.5 Å². The number of carbonyl (C=O) groups is 17. The number of carbonyl (C=O) groups excluding carboxylic acids is 16. The summed E-state index contributed by atoms with van der Waals surface area (Å²) in [7, 11) is 0. The standard InChI is InChI=1S/C87H117N23O22S/c1-45(2)28-60-75(121)95-40-71(117)101-68(77(123)94-38-69(88)115)41-133-42-72(118)100-63(31-49-11-19-55(112)20-12-49)81(127)107-67(35-53-37-92-44-98-53)85(131)108-66(34-52-36-91-43-97-52)84(130)106-65(33-51-15-23-57(114)24-16-51)83(129)105-64(32-50-13-21-56(113)22-14-50)82(128)102-58(8-7-27-93-87(89)90)79(125)110-74(47(5)6)86(132)109-61(29-46(3)4)80(126)104-62(30-48-9-17-54(111)18-10-48)76(122)96-39-70(116)99-59(78(124)103-60)25-26-73(119)120/h9-24,36-37,43-47,58-68,74,111-114H,7-8,25-35,38-42H2,1-6H3,(H2,88,115)(H,91,97)(H,92,98)(H,94,123)(H,95,121)(H,96,122)(H,99,116)(H,100,118)(H,101,117)(H,102,128)(H,103,124)(H,104,126)(H,105,129)(H,106,130)(H,107,127)(H,108,131)(H,109,132)(H,110,125)(H,119,120)(H4,89,90,93)/t58-,59-,60-,61-,62-,63-,64-,65-,66-,67-,68-,74-/m0/s1. The lowest BCUT2D eigenvalue weighted by molar-refractivity contribution is -0.138. The van der Waals surface area contributed by atoms with Gasteiger partial charge in [0.05, 0.1) is 43.7 Å². The summed E-state index contributed by atoms with van der Waals surface area (Å²) in [4.78, 5) is 258. The normalized spacial score (nSPS) is 22.0. The van der Waals surface area contributed by atoms with Gasteiger partial charge in [0.2, 0.25) is 94.5 Å². The second kappa shape index (κ2) is 52.7. The van der Waals surface area contributed by atoms with E-state index >= 15 is 28.8 Å². The number of aromatic amines is 2. The van der Waals surface area contributed by atoms with E-state index in [4.69, 9.17) is 16.9 Å². The maximum absolute atomic E-state index is 15.4. The van der Waals surface area contributed by atoms with Crippen molar-refractivity contribution in [3.63, 3.8) is 0 Å². The number of imidazole rings is 2. The van der Waals surface area contributed by atoms with Crippen LogP contribution in [0.25, 0.3) is 0 Å². The first kappa shape index (κ1) is 105. The molecular formula is C87H117N23O22S. The van der Waals surface area contributed by atoms with Crippen LogP contribution in [-0.2, 0) is 120 Å². The number of aliphatic carboxylic acids is 1. The summed E-state index contributed by atoms with van der Waals surface area (Å²) in [5.41, 5.74) is 12.8. The van der Waals surface area contributed by atoms with E-state index in [1.54, 1.807) is 41.5 Å². The lowest BCUT2D eigenvalue weighted by atomic mass is 9.98. The first-order chi connectivity index (χ1) is 63.1. The second-order valence-corrected chi connectivity index (χ2v) is 33.9. The molecule has 1 aliphatic heterocycles. The highest BCUT2D eigenvalue weighted by molar-refractivity contribution is 8.00. The molecule has 0 aliphatic carbocycles. The Labute approximate surface area is 768 Å². The number of guanidine groups is 1. The maximum atomic E-state index is 15.4. The van der Waals surface area contributed by atoms with E-state index in [1.807, 2.05) is 0 Å². The zero-order chi connectivity index (χ0) is 97.5. The van der Waals surface area contributed by atoms with Crippen LogP contribution >= 0.6 is 11.8 Å². The van der Waals surface area contributed by atoms with Crippen molar-refractivity contribution in [3.05, 3.63) is 156 Å². The topological polar surface area (TPSA) is 717 Å². The number of hydrogen-bond donors (Lipinski definition) is 26. The third kappa shape index (κ3) is 37.2. The van der Waals surface area contributed by atoms with Gasteiger partial charge >= 0.3 is 5.97 Å². The number of benzene rings is 4. The Hall–Kier alpha value is -14.9. The third-order valence-corrected chi connectivity index (χ3v) is 21.6. The number of aromatic hydroxyl groups is 4. The molecule has 0 spiro atoms. The van der Waals surface area contributed by atoms with Crippen molar-refractivity contribution in [1.29, 1.82) is 5.41 Å². The minimum Gasteiger partial charge on any atom is -0.508 e. The smallest absolute Gasteiger partial charge is 0.303 e. The van der Waals surface area contributed by atoms with Gasteiger partial charge in [-0.15, -0.1) is 11.8 Å². The molecule has 45 nitrogen and oxygen atoms in total. The van der Waals surface area contributed by atoms with Crippen LogP contribution in [0.5, 0.6) is 23.0 Å². The monoisotopic (exact) mass is 1870 g/mol. The van der Waals surface area contributed by atoms with Gasteiger partial charge in [-0.1, -0.05) is 90.1 Å². The number of nitrogens with zero attached hydrogens (tertiary/aromatic N) is 2. The number of phenolic OH excluding ortho intramolecular Hbond substituents is 4. The van der Waals surface area contributed by atoms with Gasteiger partial charge < -0.3 is 132 Å². The number of carboxylic acids is 1. The van der Waals surface area contributed by atoms with E-state index < -0.39 is 242 Å². The van der Waals surface area contributed by atoms with Gasteiger partial charge in [-0.2, -0.15) is 0 Å². The van der Waals surface area contributed by atoms with Crippen LogP contribution in [0.3, 0.4) is 0 Å². The Morgan fingerprint density at radius 2 is 0.835 bits per heavy atom. The summed E-state index contributed by atoms with van der Waals surface area (Å²) in [5, 5.41) is 99.9. The summed E-state index contributed by atoms with van der Waals surface area (Å²) in [6, 6.07) is 2.43. The molecule has 0 saturated carbocycles. The molecule has 0 bridgehead atoms. The molecule has 0 unspecified atom stereocenters. The number of H-pyrrole nitrogens is 2. The highest BCUT2D eigenvalue weighted by Gasteiger charge is 2.39. The van der Waals surface area contributed by atoms with Crippen molar-refractivity contribution in [2.45, 2.75) is 191 Å². The summed E-state index contributed by atoms with van der Waals surface area (Å²) in [6.07, 6.45) is 1.27. The average molecular weight is 1870 g/mol. The van der Waals surface area contributed by atoms with E-state index in [-0.39, 0.29) is 104 Å². The molecule has 4 aromatic carbocycles. The maximum Gasteiger partial charge on any atom is 0.303 e. The van der Waals surface area contributed by atoms with Crippen molar-refractivity contribution in [2.75, 3.05) is 37.7 Å². The third-order valence-electron chi connectivity index (χ3n) is 20.6. The Bertz CT molecular complexity index is 4990. The minimum atomic E-state index is -1.72. The number of rotatable bonds is 27. The number of nitrogens with two attached hydrogens (primary N) is 2. The molecule has 7 rings (SSSR count). The van der Waals surface area contributed by atoms with Crippen molar-refractivity contribution in [3.8, 4) is 23.0 Å². The molecule has 0 radical (unpaired) electrons. The molecule has 3 heterocycles. The van der Waals surface area contributed by atoms with Gasteiger partial charge in [0.15, 0.2) is 5.96 Å². The number of thioether (sulfide) groups is 1. The van der Waals surface area contributed by atoms with Crippen LogP contribution in [0.1, 0.15) is 114 Å². The predicted molar refractivity (Wildman–Crippen MR) is 480 cm³/mol. The summed E-state index contributed by atoms with van der Waals surface area (Å²) in [6.45, 7) is 7.28. The Morgan fingerprint density at radius 3 is 1.26 bits per heavy atom. The number of primary amides is 1. The molecular weight excluding hydrogens is 1750 g/mol. The summed E-state index contributed by atoms with van der Waals surface area (Å²) in [5.74, 6) is -21.4. The van der Waals surface area contributed by atoms with Crippen LogP contribution in [0, 0.1) is 23.2 Å². The number of phenols is 4. The molecule has 2 aromatic heterocycles. The van der Waals surface area contributed by atoms with Crippen molar-refractivity contribution in [2.24, 2.45) is 29.2 Å². The summed E-state index contributed by atoms with van der Waals surface area (Å²) >= 11 is 0.727. The van der Waals surface area contributed by atoms with Crippen LogP contribution in [0.2, 0.25) is 0 Å². The van der Waals surface area contributed by atoms with Gasteiger partial charge in [-0.05, 0) is 121 Å². The number of hydrogen-bond acceptors (Lipinski definition) is 25. The molecule has 16 amide bonds. The largest absolute Gasteiger partial charge is 0.508 e. The van der Waals surface area contributed by atoms with E-state index in [9.17, 15) is 78.3 Å². The minimum absolute atomic E-state index is 0.000851. The van der Waals surface area contributed by atoms with E-state index in [0.29, 0.717) is 22.3 Å². The van der Waals surface area contributed by atoms with Crippen molar-refractivity contribution in [1.82, 2.24) is 105 Å². The van der Waals surface area contributed by atoms with Crippen molar-refractivity contribution < 1.29 is 107 Å². The molecule has 1 aliphatic rings. The van der Waals surface area contributed by atoms with E-state index in [2.05, 4.69) is 105 Å². The SMILES string of the molecule is CC(C)C[C@@H]1NC(=O)[C@H](CCC(=O)O)NC(=O)CNC(=O)[C@H](Cc2ccc(O)cc2)NC(=O)[C@H](CC(C)C)NC(=O)[C@H](C(C)C)NC(=O)[C@H](CCCNC(=N)N)NC(=O)[C@H](Cc2ccc(O)cc2)NC(=O)[C@H](Cc2ccc(O)cc2)NC(=O)[C@H](Cc2c[nH]cn2)NC(=O)[C@H](Cc2cnc[nH]2)NC(=O)[C@H](Cc2ccc(O)cc2)NC(=O)CSC[C@@H](C(=O)NCC(N)=O)NC(=O)CNC1=O. The fourth-order valence-corrected chi connectivity index (χ4v) is 14.6. The first-order valence-corrected chi connectivity index (χ1v) is 44.0. The van der Waals surface area contributed by atoms with Gasteiger partial charge in [0.25, 0.3) is 0 Å². The van der Waals surface area contributed by atoms with Crippen molar-refractivity contribution >= 4 is 118 Å². The second-order valence-electron chi connectivity index (χ2n) is 32.9. The predicted octanol–water partition coefficient (Wildman–Crippen LogP) is -4.01. The van der Waals surface area contributed by atoms with E-state index in [0.717, 1.165) is 11.8 Å². The average Bonchev–Trinajstić information content (AvgIpc) is 1.81. The lowest BCUT2D eigenvalue weighted by Gasteiger charge is -2.29. The summed E-state index contributed by atoms with van der Waals surface area (Å²) < 4.78 is 0. The quantitative estimate of drug-likeness (QED) is 0.0133. The number of carboxylic acid groups (broad SMARTS) is 1. The highest BCUT2D eigenvalue weighted by atomic mass is 32.2. The molecule has 46 heteroatoms. The fraction of sp³-hybridized carbons (Fsp3) is 0.448. The van der Waals surface area contributed by atoms with Gasteiger partial charge in [-0.25, -0.2) is 9.97 Å². The number of nitrogens with one attached hydrogen (secondary N) is 19. The van der Waals surface area contributed by atoms with Gasteiger partial charge in [0.1, 0.15) is 95.5 Å². The Kier molecular flexibility index (Phi) is 41.7.